The van der Waals surface area contributed by atoms with E-state index in [1.807, 2.05) is 18.2 Å². The van der Waals surface area contributed by atoms with Gasteiger partial charge in [0.15, 0.2) is 0 Å². The van der Waals surface area contributed by atoms with E-state index in [1.165, 1.54) is 3.57 Å². The predicted octanol–water partition coefficient (Wildman–Crippen LogP) is 4.26. The van der Waals surface area contributed by atoms with Crippen molar-refractivity contribution >= 4 is 60.9 Å². The normalized spacial score (nSPS) is 10.7. The summed E-state index contributed by atoms with van der Waals surface area (Å²) in [5, 5.41) is 2.78. The van der Waals surface area contributed by atoms with Gasteiger partial charge in [-0.05, 0) is 56.0 Å². The summed E-state index contributed by atoms with van der Waals surface area (Å²) in [5.74, 6) is 0. The minimum Gasteiger partial charge on any atom is -0.244 e. The van der Waals surface area contributed by atoms with E-state index in [2.05, 4.69) is 43.5 Å². The standard InChI is InChI=1S/C9H4BrClIN/c10-7-2-1-5-3-8(11)13-4-6(5)9(7)12/h1-4H. The van der Waals surface area contributed by atoms with Crippen molar-refractivity contribution in [3.63, 3.8) is 0 Å². The third-order valence-electron chi connectivity index (χ3n) is 1.76. The molecule has 0 bridgehead atoms. The molecule has 0 saturated heterocycles. The van der Waals surface area contributed by atoms with Crippen molar-refractivity contribution in [2.45, 2.75) is 0 Å². The highest BCUT2D eigenvalue weighted by Crippen LogP contribution is 2.28. The molecular weight excluding hydrogens is 364 g/mol. The zero-order chi connectivity index (χ0) is 9.42. The number of fused-ring (bicyclic) bond motifs is 1. The Morgan fingerprint density at radius 2 is 2.15 bits per heavy atom. The Hall–Kier alpha value is 0.130. The van der Waals surface area contributed by atoms with E-state index < -0.39 is 0 Å². The lowest BCUT2D eigenvalue weighted by Gasteiger charge is -2.02. The smallest absolute Gasteiger partial charge is 0.129 e. The maximum atomic E-state index is 5.79. The van der Waals surface area contributed by atoms with Crippen molar-refractivity contribution in [2.75, 3.05) is 0 Å². The SMILES string of the molecule is Clc1cc2ccc(Br)c(I)c2cn1. The summed E-state index contributed by atoms with van der Waals surface area (Å²) in [7, 11) is 0. The summed E-state index contributed by atoms with van der Waals surface area (Å²) in [4.78, 5) is 4.05. The van der Waals surface area contributed by atoms with E-state index in [0.29, 0.717) is 5.15 Å². The van der Waals surface area contributed by atoms with Gasteiger partial charge in [-0.2, -0.15) is 0 Å². The molecule has 1 aromatic carbocycles. The van der Waals surface area contributed by atoms with Crippen molar-refractivity contribution in [2.24, 2.45) is 0 Å². The van der Waals surface area contributed by atoms with Crippen molar-refractivity contribution in [3.05, 3.63) is 37.6 Å². The second kappa shape index (κ2) is 3.71. The van der Waals surface area contributed by atoms with E-state index in [4.69, 9.17) is 11.6 Å². The summed E-state index contributed by atoms with van der Waals surface area (Å²) in [6.07, 6.45) is 1.80. The van der Waals surface area contributed by atoms with Gasteiger partial charge in [-0.25, -0.2) is 4.98 Å². The van der Waals surface area contributed by atoms with Crippen LogP contribution in [0.5, 0.6) is 0 Å². The molecule has 0 amide bonds. The zero-order valence-corrected chi connectivity index (χ0v) is 10.9. The van der Waals surface area contributed by atoms with Crippen LogP contribution in [0.2, 0.25) is 5.15 Å². The minimum atomic E-state index is 0.533. The highest BCUT2D eigenvalue weighted by molar-refractivity contribution is 14.1. The van der Waals surface area contributed by atoms with Crippen molar-refractivity contribution < 1.29 is 0 Å². The number of aromatic nitrogens is 1. The number of benzene rings is 1. The van der Waals surface area contributed by atoms with Crippen LogP contribution in [0.25, 0.3) is 10.8 Å². The molecule has 0 aliphatic rings. The molecule has 4 heteroatoms. The van der Waals surface area contributed by atoms with Gasteiger partial charge in [-0.3, -0.25) is 0 Å². The fourth-order valence-corrected chi connectivity index (χ4v) is 2.27. The number of halogens is 3. The molecule has 2 rings (SSSR count). The van der Waals surface area contributed by atoms with Gasteiger partial charge >= 0.3 is 0 Å². The van der Waals surface area contributed by atoms with Crippen molar-refractivity contribution in [3.8, 4) is 0 Å². The van der Waals surface area contributed by atoms with Crippen LogP contribution in [-0.2, 0) is 0 Å². The summed E-state index contributed by atoms with van der Waals surface area (Å²) >= 11 is 11.5. The van der Waals surface area contributed by atoms with Crippen LogP contribution < -0.4 is 0 Å². The zero-order valence-electron chi connectivity index (χ0n) is 6.39. The highest BCUT2D eigenvalue weighted by Gasteiger charge is 2.03. The van der Waals surface area contributed by atoms with Crippen LogP contribution in [0.3, 0.4) is 0 Å². The van der Waals surface area contributed by atoms with E-state index in [-0.39, 0.29) is 0 Å². The van der Waals surface area contributed by atoms with Crippen LogP contribution in [-0.4, -0.2) is 4.98 Å². The van der Waals surface area contributed by atoms with Crippen LogP contribution in [0.1, 0.15) is 0 Å². The number of hydrogen-bond donors (Lipinski definition) is 0. The third kappa shape index (κ3) is 1.82. The van der Waals surface area contributed by atoms with Gasteiger partial charge in [0.1, 0.15) is 5.15 Å². The van der Waals surface area contributed by atoms with Gasteiger partial charge in [0, 0.05) is 19.6 Å². The van der Waals surface area contributed by atoms with Gasteiger partial charge in [0.05, 0.1) is 0 Å². The number of rotatable bonds is 0. The number of nitrogens with zero attached hydrogens (tertiary/aromatic N) is 1. The molecule has 0 aliphatic carbocycles. The Bertz CT molecular complexity index is 472. The third-order valence-corrected chi connectivity index (χ3v) is 4.53. The first kappa shape index (κ1) is 9.68. The number of hydrogen-bond acceptors (Lipinski definition) is 1. The largest absolute Gasteiger partial charge is 0.244 e. The lowest BCUT2D eigenvalue weighted by Crippen LogP contribution is -1.82. The molecule has 0 radical (unpaired) electrons. The Kier molecular flexibility index (Phi) is 2.76. The summed E-state index contributed by atoms with van der Waals surface area (Å²) in [5.41, 5.74) is 0. The van der Waals surface area contributed by atoms with Crippen LogP contribution in [0.4, 0.5) is 0 Å². The number of pyridine rings is 1. The fourth-order valence-electron chi connectivity index (χ4n) is 1.13. The van der Waals surface area contributed by atoms with Crippen LogP contribution in [0.15, 0.2) is 28.9 Å². The molecule has 0 aliphatic heterocycles. The Labute approximate surface area is 103 Å². The first-order chi connectivity index (χ1) is 6.18. The molecule has 13 heavy (non-hydrogen) atoms. The summed E-state index contributed by atoms with van der Waals surface area (Å²) < 4.78 is 2.25. The van der Waals surface area contributed by atoms with Crippen molar-refractivity contribution in [1.82, 2.24) is 4.98 Å². The summed E-state index contributed by atoms with van der Waals surface area (Å²) in [6.45, 7) is 0. The van der Waals surface area contributed by atoms with E-state index in [0.717, 1.165) is 15.2 Å². The van der Waals surface area contributed by atoms with Gasteiger partial charge < -0.3 is 0 Å². The molecule has 2 aromatic rings. The fraction of sp³-hybridized carbons (Fsp3) is 0. The van der Waals surface area contributed by atoms with E-state index in [9.17, 15) is 0 Å². The molecule has 0 unspecified atom stereocenters. The Morgan fingerprint density at radius 1 is 1.38 bits per heavy atom. The molecule has 0 spiro atoms. The minimum absolute atomic E-state index is 0.533. The van der Waals surface area contributed by atoms with E-state index >= 15 is 0 Å². The molecule has 1 aromatic heterocycles. The molecular formula is C9H4BrClIN. The second-order valence-electron chi connectivity index (χ2n) is 2.59. The second-order valence-corrected chi connectivity index (χ2v) is 4.91. The highest BCUT2D eigenvalue weighted by atomic mass is 127. The quantitative estimate of drug-likeness (QED) is 0.500. The average molecular weight is 368 g/mol. The summed E-state index contributed by atoms with van der Waals surface area (Å²) in [6, 6.07) is 5.90. The molecule has 1 nitrogen and oxygen atoms in total. The van der Waals surface area contributed by atoms with Crippen molar-refractivity contribution in [1.29, 1.82) is 0 Å². The van der Waals surface area contributed by atoms with Gasteiger partial charge in [-0.1, -0.05) is 17.7 Å². The molecule has 0 fully saturated rings. The lowest BCUT2D eigenvalue weighted by atomic mass is 10.2. The molecule has 0 saturated carbocycles. The molecule has 1 heterocycles. The Balaban J connectivity index is 2.87. The van der Waals surface area contributed by atoms with Crippen LogP contribution in [0, 0.1) is 3.57 Å². The van der Waals surface area contributed by atoms with Gasteiger partial charge in [0.25, 0.3) is 0 Å². The van der Waals surface area contributed by atoms with Gasteiger partial charge in [-0.15, -0.1) is 0 Å². The molecule has 0 N–H and O–H groups in total. The van der Waals surface area contributed by atoms with Gasteiger partial charge in [0.2, 0.25) is 0 Å². The topological polar surface area (TPSA) is 12.9 Å². The first-order valence-corrected chi connectivity index (χ1v) is 5.83. The predicted molar refractivity (Wildman–Crippen MR) is 67.2 cm³/mol. The maximum Gasteiger partial charge on any atom is 0.129 e. The maximum absolute atomic E-state index is 5.79. The molecule has 0 atom stereocenters. The Morgan fingerprint density at radius 3 is 2.92 bits per heavy atom. The van der Waals surface area contributed by atoms with E-state index in [1.54, 1.807) is 6.20 Å². The molecule has 66 valence electrons. The first-order valence-electron chi connectivity index (χ1n) is 3.58. The average Bonchev–Trinajstić information content (AvgIpc) is 2.12. The lowest BCUT2D eigenvalue weighted by molar-refractivity contribution is 1.36. The van der Waals surface area contributed by atoms with Crippen LogP contribution >= 0.6 is 50.1 Å². The monoisotopic (exact) mass is 367 g/mol.